The van der Waals surface area contributed by atoms with Gasteiger partial charge in [-0.05, 0) is 0 Å². The third-order valence-electron chi connectivity index (χ3n) is 0.0833. The van der Waals surface area contributed by atoms with Gasteiger partial charge in [0.1, 0.15) is 0 Å². The first kappa shape index (κ1) is 15.7. The Bertz CT molecular complexity index is 11.5. The second kappa shape index (κ2) is 16.5. The van der Waals surface area contributed by atoms with Crippen molar-refractivity contribution in [2.24, 2.45) is 0 Å². The van der Waals surface area contributed by atoms with E-state index in [9.17, 15) is 0 Å². The van der Waals surface area contributed by atoms with Crippen molar-refractivity contribution in [1.29, 1.82) is 0 Å². The monoisotopic (exact) mass is 74.1 g/mol. The van der Waals surface area contributed by atoms with Crippen molar-refractivity contribution < 1.29 is 47.9 Å². The van der Waals surface area contributed by atoms with Gasteiger partial charge in [0.2, 0.25) is 0 Å². The molecule has 0 saturated carbocycles. The van der Waals surface area contributed by atoms with Gasteiger partial charge in [0.15, 0.2) is 0 Å². The van der Waals surface area contributed by atoms with Crippen LogP contribution in [-0.2, 0) is 0 Å². The molecule has 0 aromatic carbocycles. The Balaban J connectivity index is -0.0000000450. The largest absolute Gasteiger partial charge is 1.00 e. The van der Waals surface area contributed by atoms with Crippen LogP contribution in [0, 0.1) is 0 Å². The Hall–Kier alpha value is 1.11. The van der Waals surface area contributed by atoms with Gasteiger partial charge in [0, 0.05) is 0 Å². The van der Waals surface area contributed by atoms with Gasteiger partial charge in [-0.15, -0.1) is 0 Å². The molecule has 0 heterocycles. The topological polar surface area (TPSA) is 46.1 Å². The first-order valence-electron chi connectivity index (χ1n) is 1.08. The van der Waals surface area contributed by atoms with Crippen LogP contribution in [0.25, 0.3) is 0 Å². The standard InChI is InChI=1S/C2H4O2.2Li/c3-1-2-4;;/h1-2H2;;/q-2;2*+1. The molecule has 0 unspecified atom stereocenters. The average Bonchev–Trinajstić information content (AvgIpc) is 1.37. The van der Waals surface area contributed by atoms with Crippen LogP contribution >= 0.6 is 0 Å². The first-order valence-corrected chi connectivity index (χ1v) is 1.08. The minimum absolute atomic E-state index is 0. The van der Waals surface area contributed by atoms with E-state index < -0.39 is 13.2 Å². The van der Waals surface area contributed by atoms with E-state index in [4.69, 9.17) is 10.2 Å². The molecule has 0 N–H and O–H groups in total. The zero-order chi connectivity index (χ0) is 3.41. The molecular weight excluding hydrogens is 69.9 g/mol. The summed E-state index contributed by atoms with van der Waals surface area (Å²) in [4.78, 5) is 0. The van der Waals surface area contributed by atoms with E-state index >= 15 is 0 Å². The van der Waals surface area contributed by atoms with Gasteiger partial charge >= 0.3 is 37.7 Å². The third kappa shape index (κ3) is 19.4. The zero-order valence-corrected chi connectivity index (χ0v) is 4.23. The Morgan fingerprint density at radius 2 is 1.00 bits per heavy atom. The van der Waals surface area contributed by atoms with Crippen molar-refractivity contribution in [1.82, 2.24) is 0 Å². The minimum Gasteiger partial charge on any atom is -0.855 e. The molecule has 4 heteroatoms. The molecule has 0 aromatic heterocycles. The van der Waals surface area contributed by atoms with Crippen molar-refractivity contribution in [3.05, 3.63) is 0 Å². The quantitative estimate of drug-likeness (QED) is 0.290. The van der Waals surface area contributed by atoms with Gasteiger partial charge in [-0.2, -0.15) is 13.2 Å². The van der Waals surface area contributed by atoms with E-state index in [2.05, 4.69) is 0 Å². The summed E-state index contributed by atoms with van der Waals surface area (Å²) < 4.78 is 0. The molecule has 6 heavy (non-hydrogen) atoms. The maximum absolute atomic E-state index is 8.99. The van der Waals surface area contributed by atoms with Crippen molar-refractivity contribution >= 4 is 0 Å². The van der Waals surface area contributed by atoms with Crippen molar-refractivity contribution in [2.45, 2.75) is 0 Å². The van der Waals surface area contributed by atoms with Crippen LogP contribution < -0.4 is 47.9 Å². The molecule has 0 aliphatic carbocycles. The second-order valence-corrected chi connectivity index (χ2v) is 0.408. The molecule has 0 rings (SSSR count). The van der Waals surface area contributed by atoms with Gasteiger partial charge in [-0.3, -0.25) is 0 Å². The summed E-state index contributed by atoms with van der Waals surface area (Å²) in [7, 11) is 0. The Morgan fingerprint density at radius 1 is 0.833 bits per heavy atom. The molecule has 0 aliphatic rings. The molecule has 0 radical (unpaired) electrons. The first-order chi connectivity index (χ1) is 1.91. The van der Waals surface area contributed by atoms with Crippen LogP contribution in [-0.4, -0.2) is 13.2 Å². The molecule has 26 valence electrons. The maximum Gasteiger partial charge on any atom is 1.00 e. The fraction of sp³-hybridized carbons (Fsp3) is 1.00. The summed E-state index contributed by atoms with van der Waals surface area (Å²) in [6, 6.07) is 0. The summed E-state index contributed by atoms with van der Waals surface area (Å²) in [6.45, 7) is -0.972. The van der Waals surface area contributed by atoms with Gasteiger partial charge in [0.05, 0.1) is 0 Å². The summed E-state index contributed by atoms with van der Waals surface area (Å²) in [6.07, 6.45) is 0. The van der Waals surface area contributed by atoms with E-state index in [1.807, 2.05) is 0 Å². The van der Waals surface area contributed by atoms with Crippen molar-refractivity contribution in [2.75, 3.05) is 13.2 Å². The fourth-order valence-corrected chi connectivity index (χ4v) is 0. The number of hydrogen-bond donors (Lipinski definition) is 0. The Labute approximate surface area is 61.3 Å². The van der Waals surface area contributed by atoms with Gasteiger partial charge in [0.25, 0.3) is 0 Å². The molecule has 0 atom stereocenters. The maximum atomic E-state index is 8.99. The van der Waals surface area contributed by atoms with Crippen molar-refractivity contribution in [3.8, 4) is 0 Å². The smallest absolute Gasteiger partial charge is 0.855 e. The Morgan fingerprint density at radius 3 is 1.00 bits per heavy atom. The summed E-state index contributed by atoms with van der Waals surface area (Å²) >= 11 is 0. The fourth-order valence-electron chi connectivity index (χ4n) is 0. The molecule has 0 bridgehead atoms. The predicted molar refractivity (Wildman–Crippen MR) is 9.73 cm³/mol. The normalized spacial score (nSPS) is 5.00. The average molecular weight is 73.9 g/mol. The molecule has 0 aromatic rings. The second-order valence-electron chi connectivity index (χ2n) is 0.408. The van der Waals surface area contributed by atoms with E-state index in [-0.39, 0.29) is 37.7 Å². The minimum atomic E-state index is -0.486. The Kier molecular flexibility index (Phi) is 43.2. The van der Waals surface area contributed by atoms with E-state index in [0.29, 0.717) is 0 Å². The molecule has 0 saturated heterocycles. The van der Waals surface area contributed by atoms with Crippen LogP contribution in [0.5, 0.6) is 0 Å². The summed E-state index contributed by atoms with van der Waals surface area (Å²) in [5.41, 5.74) is 0. The number of hydrogen-bond acceptors (Lipinski definition) is 2. The van der Waals surface area contributed by atoms with E-state index in [1.54, 1.807) is 0 Å². The zero-order valence-electron chi connectivity index (χ0n) is 4.23. The van der Waals surface area contributed by atoms with E-state index in [0.717, 1.165) is 0 Å². The summed E-state index contributed by atoms with van der Waals surface area (Å²) in [5.74, 6) is 0. The SMILES string of the molecule is [Li+].[Li+].[O-]CC[O-]. The molecule has 0 aliphatic heterocycles. The number of rotatable bonds is 1. The molecule has 0 fully saturated rings. The van der Waals surface area contributed by atoms with Crippen LogP contribution in [0.4, 0.5) is 0 Å². The molecule has 0 amide bonds. The van der Waals surface area contributed by atoms with Crippen LogP contribution in [0.2, 0.25) is 0 Å². The van der Waals surface area contributed by atoms with Crippen molar-refractivity contribution in [3.63, 3.8) is 0 Å². The predicted octanol–water partition coefficient (Wildman–Crippen LogP) is -8.29. The van der Waals surface area contributed by atoms with Gasteiger partial charge < -0.3 is 10.2 Å². The summed E-state index contributed by atoms with van der Waals surface area (Å²) in [5, 5.41) is 18.0. The third-order valence-corrected chi connectivity index (χ3v) is 0.0833. The molecular formula is C2H4Li2O2. The molecule has 2 nitrogen and oxygen atoms in total. The van der Waals surface area contributed by atoms with Gasteiger partial charge in [-0.25, -0.2) is 0 Å². The van der Waals surface area contributed by atoms with E-state index in [1.165, 1.54) is 0 Å². The van der Waals surface area contributed by atoms with Crippen LogP contribution in [0.3, 0.4) is 0 Å². The van der Waals surface area contributed by atoms with Gasteiger partial charge in [-0.1, -0.05) is 0 Å². The van der Waals surface area contributed by atoms with Crippen LogP contribution in [0.1, 0.15) is 0 Å². The van der Waals surface area contributed by atoms with Crippen LogP contribution in [0.15, 0.2) is 0 Å². The molecule has 0 spiro atoms.